The molecule has 0 bridgehead atoms. The van der Waals surface area contributed by atoms with Crippen LogP contribution in [0.5, 0.6) is 0 Å². The van der Waals surface area contributed by atoms with E-state index in [9.17, 15) is 0 Å². The number of aryl methyl sites for hydroxylation is 2. The van der Waals surface area contributed by atoms with Gasteiger partial charge in [-0.25, -0.2) is 9.97 Å². The van der Waals surface area contributed by atoms with Gasteiger partial charge >= 0.3 is 0 Å². The van der Waals surface area contributed by atoms with Crippen LogP contribution in [0.3, 0.4) is 0 Å². The van der Waals surface area contributed by atoms with E-state index in [0.717, 1.165) is 21.1 Å². The quantitative estimate of drug-likeness (QED) is 0.764. The van der Waals surface area contributed by atoms with Crippen molar-refractivity contribution in [3.05, 3.63) is 9.75 Å². The molecule has 15 heavy (non-hydrogen) atoms. The summed E-state index contributed by atoms with van der Waals surface area (Å²) in [5.74, 6) is 0. The van der Waals surface area contributed by atoms with Gasteiger partial charge in [0.2, 0.25) is 0 Å². The Hall–Kier alpha value is -0.260. The Labute approximate surface area is 102 Å². The summed E-state index contributed by atoms with van der Waals surface area (Å²) in [6, 6.07) is 0. The molecule has 0 atom stereocenters. The molecule has 0 aliphatic carbocycles. The number of hydrogen-bond donors (Lipinski definition) is 0. The second-order valence-electron chi connectivity index (χ2n) is 3.15. The lowest BCUT2D eigenvalue weighted by atomic mass is 10.3. The van der Waals surface area contributed by atoms with E-state index >= 15 is 0 Å². The van der Waals surface area contributed by atoms with Crippen LogP contribution in [0.4, 0.5) is 0 Å². The molecule has 2 heterocycles. The van der Waals surface area contributed by atoms with Crippen molar-refractivity contribution in [3.63, 3.8) is 0 Å². The Morgan fingerprint density at radius 1 is 0.867 bits per heavy atom. The van der Waals surface area contributed by atoms with E-state index in [1.807, 2.05) is 12.5 Å². The highest BCUT2D eigenvalue weighted by Gasteiger charge is 2.12. The smallest absolute Gasteiger partial charge is 0.129 e. The number of aromatic nitrogens is 2. The average molecular weight is 256 g/mol. The molecule has 2 rings (SSSR count). The summed E-state index contributed by atoms with van der Waals surface area (Å²) in [5.41, 5.74) is 2.14. The van der Waals surface area contributed by atoms with Crippen LogP contribution in [0.1, 0.15) is 9.75 Å². The van der Waals surface area contributed by atoms with Gasteiger partial charge in [0.15, 0.2) is 0 Å². The molecule has 0 aliphatic heterocycles. The highest BCUT2D eigenvalue weighted by molar-refractivity contribution is 8.01. The molecule has 0 amide bonds. The second kappa shape index (κ2) is 4.31. The summed E-state index contributed by atoms with van der Waals surface area (Å²) in [7, 11) is 0. The van der Waals surface area contributed by atoms with Gasteiger partial charge in [0.25, 0.3) is 0 Å². The summed E-state index contributed by atoms with van der Waals surface area (Å²) in [5, 5.41) is 2.08. The summed E-state index contributed by atoms with van der Waals surface area (Å²) >= 11 is 5.10. The van der Waals surface area contributed by atoms with E-state index in [1.54, 1.807) is 34.9 Å². The summed E-state index contributed by atoms with van der Waals surface area (Å²) in [6.07, 6.45) is 4.09. The standard InChI is InChI=1S/C10H12N2S3/c1-5-7-8(6(2)15-5)12-10(14-4)9(11-7)13-3/h1-4H3. The van der Waals surface area contributed by atoms with Gasteiger partial charge in [0, 0.05) is 9.75 Å². The van der Waals surface area contributed by atoms with Gasteiger partial charge < -0.3 is 0 Å². The molecular weight excluding hydrogens is 244 g/mol. The van der Waals surface area contributed by atoms with Crippen molar-refractivity contribution >= 4 is 45.9 Å². The van der Waals surface area contributed by atoms with Crippen molar-refractivity contribution in [1.82, 2.24) is 9.97 Å². The minimum atomic E-state index is 1.04. The Kier molecular flexibility index (Phi) is 3.23. The summed E-state index contributed by atoms with van der Waals surface area (Å²) < 4.78 is 0. The van der Waals surface area contributed by atoms with Crippen molar-refractivity contribution in [2.24, 2.45) is 0 Å². The number of hydrogen-bond acceptors (Lipinski definition) is 5. The lowest BCUT2D eigenvalue weighted by Gasteiger charge is -2.03. The van der Waals surface area contributed by atoms with E-state index in [0.29, 0.717) is 0 Å². The fourth-order valence-corrected chi connectivity index (χ4v) is 3.73. The number of fused-ring (bicyclic) bond motifs is 1. The molecule has 2 nitrogen and oxygen atoms in total. The third kappa shape index (κ3) is 1.88. The molecule has 0 unspecified atom stereocenters. The lowest BCUT2D eigenvalue weighted by Crippen LogP contribution is -1.90. The molecule has 2 aromatic rings. The van der Waals surface area contributed by atoms with E-state index < -0.39 is 0 Å². The normalized spacial score (nSPS) is 11.2. The summed E-state index contributed by atoms with van der Waals surface area (Å²) in [6.45, 7) is 4.22. The number of nitrogens with zero attached hydrogens (tertiary/aromatic N) is 2. The molecule has 0 radical (unpaired) electrons. The Morgan fingerprint density at radius 3 is 1.60 bits per heavy atom. The van der Waals surface area contributed by atoms with Crippen LogP contribution in [0, 0.1) is 13.8 Å². The van der Waals surface area contributed by atoms with E-state index in [1.165, 1.54) is 9.75 Å². The van der Waals surface area contributed by atoms with Crippen LogP contribution >= 0.6 is 34.9 Å². The number of thiophene rings is 1. The molecule has 0 aromatic carbocycles. The average Bonchev–Trinajstić information content (AvgIpc) is 2.52. The molecule has 80 valence electrons. The first-order chi connectivity index (χ1) is 7.17. The van der Waals surface area contributed by atoms with Gasteiger partial charge in [-0.2, -0.15) is 0 Å². The first-order valence-corrected chi connectivity index (χ1v) is 7.79. The minimum absolute atomic E-state index is 1.04. The van der Waals surface area contributed by atoms with Crippen molar-refractivity contribution in [2.45, 2.75) is 23.9 Å². The maximum Gasteiger partial charge on any atom is 0.129 e. The fourth-order valence-electron chi connectivity index (χ4n) is 1.49. The maximum absolute atomic E-state index is 4.67. The third-order valence-electron chi connectivity index (χ3n) is 2.19. The van der Waals surface area contributed by atoms with Gasteiger partial charge in [0.05, 0.1) is 0 Å². The van der Waals surface area contributed by atoms with Crippen LogP contribution in [0.2, 0.25) is 0 Å². The van der Waals surface area contributed by atoms with E-state index in [4.69, 9.17) is 0 Å². The highest BCUT2D eigenvalue weighted by Crippen LogP contribution is 2.32. The lowest BCUT2D eigenvalue weighted by molar-refractivity contribution is 0.973. The molecule has 0 saturated heterocycles. The van der Waals surface area contributed by atoms with E-state index in [2.05, 4.69) is 23.8 Å². The zero-order valence-electron chi connectivity index (χ0n) is 9.12. The number of rotatable bonds is 2. The zero-order chi connectivity index (χ0) is 11.0. The van der Waals surface area contributed by atoms with E-state index in [-0.39, 0.29) is 0 Å². The fraction of sp³-hybridized carbons (Fsp3) is 0.400. The van der Waals surface area contributed by atoms with Gasteiger partial charge in [-0.3, -0.25) is 0 Å². The Balaban J connectivity index is 2.77. The SMILES string of the molecule is CSc1nc2c(C)sc(C)c2nc1SC. The molecule has 0 fully saturated rings. The molecule has 0 spiro atoms. The van der Waals surface area contributed by atoms with Crippen LogP contribution in [-0.2, 0) is 0 Å². The van der Waals surface area contributed by atoms with Crippen LogP contribution in [0.25, 0.3) is 11.0 Å². The third-order valence-corrected chi connectivity index (χ3v) is 4.66. The molecule has 2 aromatic heterocycles. The second-order valence-corrected chi connectivity index (χ2v) is 6.17. The van der Waals surface area contributed by atoms with Gasteiger partial charge in [-0.15, -0.1) is 34.9 Å². The monoisotopic (exact) mass is 256 g/mol. The summed E-state index contributed by atoms with van der Waals surface area (Å²) in [4.78, 5) is 11.9. The van der Waals surface area contributed by atoms with Crippen molar-refractivity contribution in [1.29, 1.82) is 0 Å². The van der Waals surface area contributed by atoms with Gasteiger partial charge in [-0.05, 0) is 26.4 Å². The van der Waals surface area contributed by atoms with Crippen molar-refractivity contribution in [2.75, 3.05) is 12.5 Å². The minimum Gasteiger partial charge on any atom is -0.236 e. The van der Waals surface area contributed by atoms with Crippen molar-refractivity contribution in [3.8, 4) is 0 Å². The topological polar surface area (TPSA) is 25.8 Å². The number of thioether (sulfide) groups is 2. The highest BCUT2D eigenvalue weighted by atomic mass is 32.2. The predicted octanol–water partition coefficient (Wildman–Crippen LogP) is 3.75. The molecule has 5 heteroatoms. The molecule has 0 aliphatic rings. The van der Waals surface area contributed by atoms with Crippen molar-refractivity contribution < 1.29 is 0 Å². The van der Waals surface area contributed by atoms with Gasteiger partial charge in [0.1, 0.15) is 21.1 Å². The molecule has 0 saturated carbocycles. The predicted molar refractivity (Wildman–Crippen MR) is 70.5 cm³/mol. The Morgan fingerprint density at radius 2 is 1.27 bits per heavy atom. The Bertz CT molecular complexity index is 461. The van der Waals surface area contributed by atoms with Crippen LogP contribution in [-0.4, -0.2) is 22.5 Å². The molecular formula is C10H12N2S3. The first kappa shape index (κ1) is 11.2. The largest absolute Gasteiger partial charge is 0.236 e. The van der Waals surface area contributed by atoms with Gasteiger partial charge in [-0.1, -0.05) is 0 Å². The first-order valence-electron chi connectivity index (χ1n) is 4.53. The van der Waals surface area contributed by atoms with Crippen LogP contribution < -0.4 is 0 Å². The maximum atomic E-state index is 4.67. The van der Waals surface area contributed by atoms with Crippen LogP contribution in [0.15, 0.2) is 10.1 Å². The molecule has 0 N–H and O–H groups in total. The zero-order valence-corrected chi connectivity index (χ0v) is 11.6.